The zero-order valence-corrected chi connectivity index (χ0v) is 18.3. The monoisotopic (exact) mass is 467 g/mol. The third-order valence-electron chi connectivity index (χ3n) is 5.40. The number of hydrogen-bond acceptors (Lipinski definition) is 9. The molecule has 0 aliphatic carbocycles. The lowest BCUT2D eigenvalue weighted by Gasteiger charge is -2.36. The molecule has 1 aromatic heterocycles. The van der Waals surface area contributed by atoms with E-state index in [1.165, 1.54) is 19.5 Å². The number of carbonyl (C=O) groups is 1. The molecule has 0 bridgehead atoms. The molecule has 1 aliphatic heterocycles. The van der Waals surface area contributed by atoms with Gasteiger partial charge in [0.05, 0.1) is 23.3 Å². The Hall–Kier alpha value is -4.48. The molecule has 2 aromatic carbocycles. The number of para-hydroxylation sites is 2. The van der Waals surface area contributed by atoms with Crippen LogP contribution < -0.4 is 25.4 Å². The van der Waals surface area contributed by atoms with Gasteiger partial charge in [-0.15, -0.1) is 0 Å². The van der Waals surface area contributed by atoms with Crippen LogP contribution in [0.4, 0.5) is 27.4 Å². The van der Waals surface area contributed by atoms with E-state index in [0.29, 0.717) is 37.6 Å². The summed E-state index contributed by atoms with van der Waals surface area (Å²) in [5.74, 6) is -0.559. The standard InChI is InChI=1S/C22H22FN7O4/c1-34-18-9-5-2-6-15(18)22(31)27-26-20-19(30(32)33)21(25-14-24-20)29-12-10-28(11-13-29)17-8-4-3-7-16(17)23/h2-9,14H,10-13H2,1H3,(H,27,31)(H,24,25,26). The van der Waals surface area contributed by atoms with E-state index in [-0.39, 0.29) is 28.7 Å². The van der Waals surface area contributed by atoms with Crippen molar-refractivity contribution in [1.82, 2.24) is 15.4 Å². The van der Waals surface area contributed by atoms with Crippen molar-refractivity contribution in [2.24, 2.45) is 0 Å². The van der Waals surface area contributed by atoms with Gasteiger partial charge in [0.1, 0.15) is 17.9 Å². The summed E-state index contributed by atoms with van der Waals surface area (Å²) in [4.78, 5) is 35.5. The molecule has 0 unspecified atom stereocenters. The molecule has 4 rings (SSSR count). The zero-order chi connectivity index (χ0) is 24.1. The Morgan fingerprint density at radius 2 is 1.74 bits per heavy atom. The van der Waals surface area contributed by atoms with Gasteiger partial charge in [-0.3, -0.25) is 25.8 Å². The topological polar surface area (TPSA) is 126 Å². The maximum absolute atomic E-state index is 14.1. The fourth-order valence-corrected chi connectivity index (χ4v) is 3.74. The third kappa shape index (κ3) is 4.65. The predicted octanol–water partition coefficient (Wildman–Crippen LogP) is 2.62. The maximum Gasteiger partial charge on any atom is 0.355 e. The van der Waals surface area contributed by atoms with Gasteiger partial charge in [-0.05, 0) is 24.3 Å². The van der Waals surface area contributed by atoms with Gasteiger partial charge in [-0.1, -0.05) is 24.3 Å². The smallest absolute Gasteiger partial charge is 0.355 e. The zero-order valence-electron chi connectivity index (χ0n) is 18.3. The van der Waals surface area contributed by atoms with Crippen molar-refractivity contribution in [2.45, 2.75) is 0 Å². The fraction of sp³-hybridized carbons (Fsp3) is 0.227. The van der Waals surface area contributed by atoms with Crippen LogP contribution in [-0.2, 0) is 0 Å². The van der Waals surface area contributed by atoms with Crippen LogP contribution >= 0.6 is 0 Å². The number of nitro groups is 1. The number of aromatic nitrogens is 2. The van der Waals surface area contributed by atoms with Crippen LogP contribution in [0.3, 0.4) is 0 Å². The number of nitrogens with zero attached hydrogens (tertiary/aromatic N) is 5. The Labute approximate surface area is 194 Å². The lowest BCUT2D eigenvalue weighted by Crippen LogP contribution is -2.47. The molecule has 1 amide bonds. The Kier molecular flexibility index (Phi) is 6.67. The summed E-state index contributed by atoms with van der Waals surface area (Å²) < 4.78 is 19.3. The van der Waals surface area contributed by atoms with E-state index in [1.54, 1.807) is 47.4 Å². The summed E-state index contributed by atoms with van der Waals surface area (Å²) in [5.41, 5.74) is 5.31. The first-order valence-electron chi connectivity index (χ1n) is 10.4. The van der Waals surface area contributed by atoms with Crippen LogP contribution in [0.1, 0.15) is 10.4 Å². The number of benzene rings is 2. The molecule has 2 heterocycles. The van der Waals surface area contributed by atoms with Crippen molar-refractivity contribution in [3.05, 3.63) is 76.4 Å². The van der Waals surface area contributed by atoms with E-state index in [1.807, 2.05) is 4.90 Å². The van der Waals surface area contributed by atoms with Gasteiger partial charge < -0.3 is 14.5 Å². The number of anilines is 3. The minimum atomic E-state index is -0.601. The Balaban J connectivity index is 1.50. The average Bonchev–Trinajstić information content (AvgIpc) is 2.87. The molecule has 1 fully saturated rings. The van der Waals surface area contributed by atoms with Gasteiger partial charge in [0.25, 0.3) is 5.91 Å². The van der Waals surface area contributed by atoms with E-state index in [2.05, 4.69) is 20.8 Å². The molecule has 176 valence electrons. The number of halogens is 1. The van der Waals surface area contributed by atoms with E-state index < -0.39 is 10.8 Å². The summed E-state index contributed by atoms with van der Waals surface area (Å²) in [6, 6.07) is 13.1. The van der Waals surface area contributed by atoms with E-state index in [4.69, 9.17) is 4.74 Å². The first-order chi connectivity index (χ1) is 16.5. The van der Waals surface area contributed by atoms with Gasteiger partial charge in [0, 0.05) is 26.2 Å². The normalized spacial score (nSPS) is 13.4. The fourth-order valence-electron chi connectivity index (χ4n) is 3.74. The molecule has 0 spiro atoms. The average molecular weight is 467 g/mol. The summed E-state index contributed by atoms with van der Waals surface area (Å²) in [5, 5.41) is 11.9. The van der Waals surface area contributed by atoms with Crippen molar-refractivity contribution >= 4 is 28.9 Å². The molecule has 34 heavy (non-hydrogen) atoms. The molecule has 11 nitrogen and oxygen atoms in total. The van der Waals surface area contributed by atoms with Gasteiger partial charge in [0.15, 0.2) is 0 Å². The number of nitrogens with one attached hydrogen (secondary N) is 2. The lowest BCUT2D eigenvalue weighted by atomic mass is 10.2. The maximum atomic E-state index is 14.1. The van der Waals surface area contributed by atoms with Gasteiger partial charge >= 0.3 is 5.69 Å². The molecular weight excluding hydrogens is 445 g/mol. The molecule has 1 saturated heterocycles. The van der Waals surface area contributed by atoms with E-state index in [0.717, 1.165) is 0 Å². The third-order valence-corrected chi connectivity index (χ3v) is 5.40. The van der Waals surface area contributed by atoms with Crippen LogP contribution in [0.25, 0.3) is 0 Å². The van der Waals surface area contributed by atoms with Crippen LogP contribution in [0, 0.1) is 15.9 Å². The first kappa shape index (κ1) is 22.7. The Morgan fingerprint density at radius 1 is 1.06 bits per heavy atom. The van der Waals surface area contributed by atoms with Crippen molar-refractivity contribution in [3.63, 3.8) is 0 Å². The molecule has 0 atom stereocenters. The summed E-state index contributed by atoms with van der Waals surface area (Å²) >= 11 is 0. The number of methoxy groups -OCH3 is 1. The summed E-state index contributed by atoms with van der Waals surface area (Å²) in [6.07, 6.45) is 1.18. The highest BCUT2D eigenvalue weighted by Crippen LogP contribution is 2.32. The van der Waals surface area contributed by atoms with Crippen LogP contribution in [0.5, 0.6) is 5.75 Å². The SMILES string of the molecule is COc1ccccc1C(=O)NNc1ncnc(N2CCN(c3ccccc3F)CC2)c1[N+](=O)[O-]. The second-order valence-corrected chi connectivity index (χ2v) is 7.36. The van der Waals surface area contributed by atoms with Crippen LogP contribution in [0.15, 0.2) is 54.9 Å². The van der Waals surface area contributed by atoms with Crippen LogP contribution in [-0.4, -0.2) is 54.1 Å². The number of carbonyl (C=O) groups excluding carboxylic acids is 1. The van der Waals surface area contributed by atoms with E-state index >= 15 is 0 Å². The molecular formula is C22H22FN7O4. The second-order valence-electron chi connectivity index (χ2n) is 7.36. The van der Waals surface area contributed by atoms with Gasteiger partial charge in [-0.25, -0.2) is 14.4 Å². The lowest BCUT2D eigenvalue weighted by molar-refractivity contribution is -0.383. The van der Waals surface area contributed by atoms with Crippen LogP contribution in [0.2, 0.25) is 0 Å². The highest BCUT2D eigenvalue weighted by Gasteiger charge is 2.30. The van der Waals surface area contributed by atoms with Crippen molar-refractivity contribution in [3.8, 4) is 5.75 Å². The molecule has 2 N–H and O–H groups in total. The minimum Gasteiger partial charge on any atom is -0.496 e. The molecule has 1 aliphatic rings. The quantitative estimate of drug-likeness (QED) is 0.398. The number of ether oxygens (including phenoxy) is 1. The number of amides is 1. The summed E-state index contributed by atoms with van der Waals surface area (Å²) in [6.45, 7) is 1.68. The second kappa shape index (κ2) is 9.98. The van der Waals surface area contributed by atoms with Gasteiger partial charge in [-0.2, -0.15) is 0 Å². The number of rotatable bonds is 7. The van der Waals surface area contributed by atoms with Gasteiger partial charge in [0.2, 0.25) is 11.6 Å². The molecule has 12 heteroatoms. The number of hydrazine groups is 1. The largest absolute Gasteiger partial charge is 0.496 e. The summed E-state index contributed by atoms with van der Waals surface area (Å²) in [7, 11) is 1.44. The van der Waals surface area contributed by atoms with E-state index in [9.17, 15) is 19.3 Å². The Morgan fingerprint density at radius 3 is 2.44 bits per heavy atom. The van der Waals surface area contributed by atoms with Crippen molar-refractivity contribution in [2.75, 3.05) is 48.5 Å². The highest BCUT2D eigenvalue weighted by molar-refractivity contribution is 5.97. The molecule has 0 radical (unpaired) electrons. The van der Waals surface area contributed by atoms with Crippen molar-refractivity contribution in [1.29, 1.82) is 0 Å². The highest BCUT2D eigenvalue weighted by atomic mass is 19.1. The molecule has 0 saturated carbocycles. The first-order valence-corrected chi connectivity index (χ1v) is 10.4. The number of hydrogen-bond donors (Lipinski definition) is 2. The molecule has 3 aromatic rings. The predicted molar refractivity (Wildman–Crippen MR) is 124 cm³/mol. The number of piperazine rings is 1. The minimum absolute atomic E-state index is 0.113. The Bertz CT molecular complexity index is 1200. The van der Waals surface area contributed by atoms with Crippen molar-refractivity contribution < 1.29 is 18.8 Å².